The first kappa shape index (κ1) is 14.1. The van der Waals surface area contributed by atoms with Crippen LogP contribution in [0.4, 0.5) is 0 Å². The second-order valence-corrected chi connectivity index (χ2v) is 6.10. The minimum atomic E-state index is 0.164. The first-order valence-electron chi connectivity index (χ1n) is 7.90. The normalized spacial score (nSPS) is 29.0. The third-order valence-electron chi connectivity index (χ3n) is 4.74. The van der Waals surface area contributed by atoms with Gasteiger partial charge >= 0.3 is 0 Å². The van der Waals surface area contributed by atoms with Crippen LogP contribution >= 0.6 is 0 Å². The van der Waals surface area contributed by atoms with E-state index in [1.807, 2.05) is 9.58 Å². The van der Waals surface area contributed by atoms with Crippen molar-refractivity contribution >= 4 is 5.91 Å². The predicted octanol–water partition coefficient (Wildman–Crippen LogP) is -0.717. The molecule has 1 amide bonds. The summed E-state index contributed by atoms with van der Waals surface area (Å²) >= 11 is 0. The molecule has 1 aromatic heterocycles. The molecule has 0 radical (unpaired) electrons. The number of ether oxygens (including phenoxy) is 2. The fraction of sp³-hybridized carbons (Fsp3) is 0.786. The molecular weight excluding hydrogens is 286 g/mol. The molecule has 8 nitrogen and oxygen atoms in total. The molecule has 0 aromatic carbocycles. The van der Waals surface area contributed by atoms with Gasteiger partial charge in [0.15, 0.2) is 0 Å². The summed E-state index contributed by atoms with van der Waals surface area (Å²) in [5.74, 6) is 0.192. The number of hydrogen-bond acceptors (Lipinski definition) is 6. The zero-order valence-corrected chi connectivity index (χ0v) is 12.6. The highest BCUT2D eigenvalue weighted by molar-refractivity contribution is 5.78. The molecule has 0 spiro atoms. The number of piperidine rings is 1. The lowest BCUT2D eigenvalue weighted by atomic mass is 10.0. The van der Waals surface area contributed by atoms with Crippen LogP contribution in [0.2, 0.25) is 0 Å². The van der Waals surface area contributed by atoms with Crippen molar-refractivity contribution in [2.45, 2.75) is 25.2 Å². The summed E-state index contributed by atoms with van der Waals surface area (Å²) in [7, 11) is 0. The fourth-order valence-electron chi connectivity index (χ4n) is 3.49. The molecule has 4 heterocycles. The van der Waals surface area contributed by atoms with E-state index in [0.29, 0.717) is 39.5 Å². The molecule has 120 valence electrons. The van der Waals surface area contributed by atoms with Gasteiger partial charge in [0.25, 0.3) is 0 Å². The van der Waals surface area contributed by atoms with Crippen molar-refractivity contribution in [2.75, 3.05) is 45.9 Å². The van der Waals surface area contributed by atoms with Crippen LogP contribution in [-0.2, 0) is 20.9 Å². The van der Waals surface area contributed by atoms with Gasteiger partial charge < -0.3 is 14.4 Å². The van der Waals surface area contributed by atoms with Crippen molar-refractivity contribution in [2.24, 2.45) is 0 Å². The van der Waals surface area contributed by atoms with Crippen LogP contribution in [0.25, 0.3) is 0 Å². The SMILES string of the molecule is O=C(CN1CC[C@@H]2OCc3cnnn3[C@@H]2C1)N1CCOCC1. The smallest absolute Gasteiger partial charge is 0.236 e. The van der Waals surface area contributed by atoms with Crippen molar-refractivity contribution in [3.63, 3.8) is 0 Å². The number of hydrogen-bond donors (Lipinski definition) is 0. The maximum Gasteiger partial charge on any atom is 0.236 e. The Morgan fingerprint density at radius 3 is 3.05 bits per heavy atom. The van der Waals surface area contributed by atoms with E-state index in [1.165, 1.54) is 0 Å². The second-order valence-electron chi connectivity index (χ2n) is 6.10. The van der Waals surface area contributed by atoms with Crippen LogP contribution in [0, 0.1) is 0 Å². The number of aromatic nitrogens is 3. The molecule has 1 aromatic rings. The van der Waals surface area contributed by atoms with Gasteiger partial charge in [-0.15, -0.1) is 5.10 Å². The average Bonchev–Trinajstić information content (AvgIpc) is 3.05. The van der Waals surface area contributed by atoms with E-state index in [9.17, 15) is 4.79 Å². The van der Waals surface area contributed by atoms with Crippen molar-refractivity contribution < 1.29 is 14.3 Å². The van der Waals surface area contributed by atoms with Gasteiger partial charge in [0.1, 0.15) is 0 Å². The number of nitrogens with zero attached hydrogens (tertiary/aromatic N) is 5. The minimum Gasteiger partial charge on any atom is -0.378 e. The highest BCUT2D eigenvalue weighted by atomic mass is 16.5. The highest BCUT2D eigenvalue weighted by Gasteiger charge is 2.37. The number of likely N-dealkylation sites (tertiary alicyclic amines) is 1. The Morgan fingerprint density at radius 2 is 2.18 bits per heavy atom. The summed E-state index contributed by atoms with van der Waals surface area (Å²) in [5.41, 5.74) is 1.02. The van der Waals surface area contributed by atoms with Gasteiger partial charge in [-0.2, -0.15) is 0 Å². The first-order valence-corrected chi connectivity index (χ1v) is 7.90. The van der Waals surface area contributed by atoms with Crippen LogP contribution in [0.5, 0.6) is 0 Å². The number of rotatable bonds is 2. The van der Waals surface area contributed by atoms with Crippen LogP contribution < -0.4 is 0 Å². The van der Waals surface area contributed by atoms with Gasteiger partial charge in [0.2, 0.25) is 5.91 Å². The highest BCUT2D eigenvalue weighted by Crippen LogP contribution is 2.29. The molecule has 0 N–H and O–H groups in total. The van der Waals surface area contributed by atoms with E-state index in [4.69, 9.17) is 9.47 Å². The minimum absolute atomic E-state index is 0.164. The Morgan fingerprint density at radius 1 is 1.32 bits per heavy atom. The molecule has 0 unspecified atom stereocenters. The van der Waals surface area contributed by atoms with Crippen molar-refractivity contribution in [3.05, 3.63) is 11.9 Å². The molecule has 2 saturated heterocycles. The van der Waals surface area contributed by atoms with Crippen LogP contribution in [0.3, 0.4) is 0 Å². The first-order chi connectivity index (χ1) is 10.8. The number of amides is 1. The molecular formula is C14H21N5O3. The van der Waals surface area contributed by atoms with Crippen molar-refractivity contribution in [3.8, 4) is 0 Å². The van der Waals surface area contributed by atoms with Gasteiger partial charge in [-0.1, -0.05) is 5.21 Å². The maximum absolute atomic E-state index is 12.4. The maximum atomic E-state index is 12.4. The Balaban J connectivity index is 1.40. The number of morpholine rings is 1. The quantitative estimate of drug-likeness (QED) is 0.718. The molecule has 0 aliphatic carbocycles. The number of fused-ring (bicyclic) bond motifs is 3. The molecule has 3 aliphatic heterocycles. The topological polar surface area (TPSA) is 72.7 Å². The zero-order valence-electron chi connectivity index (χ0n) is 12.6. The van der Waals surface area contributed by atoms with Crippen molar-refractivity contribution in [1.29, 1.82) is 0 Å². The third kappa shape index (κ3) is 2.62. The lowest BCUT2D eigenvalue weighted by molar-refractivity contribution is -0.138. The van der Waals surface area contributed by atoms with E-state index >= 15 is 0 Å². The van der Waals surface area contributed by atoms with Gasteiger partial charge in [-0.25, -0.2) is 4.68 Å². The molecule has 0 bridgehead atoms. The summed E-state index contributed by atoms with van der Waals surface area (Å²) in [5, 5.41) is 8.17. The Hall–Kier alpha value is -1.51. The van der Waals surface area contributed by atoms with E-state index in [1.54, 1.807) is 6.20 Å². The molecule has 2 fully saturated rings. The largest absolute Gasteiger partial charge is 0.378 e. The van der Waals surface area contributed by atoms with Crippen LogP contribution in [-0.4, -0.2) is 82.7 Å². The van der Waals surface area contributed by atoms with Gasteiger partial charge in [-0.3, -0.25) is 9.69 Å². The lowest BCUT2D eigenvalue weighted by Crippen LogP contribution is -2.52. The summed E-state index contributed by atoms with van der Waals surface area (Å²) < 4.78 is 13.2. The summed E-state index contributed by atoms with van der Waals surface area (Å²) in [6, 6.07) is 0.164. The zero-order chi connectivity index (χ0) is 14.9. The van der Waals surface area contributed by atoms with Crippen LogP contribution in [0.15, 0.2) is 6.20 Å². The molecule has 2 atom stereocenters. The Bertz CT molecular complexity index is 542. The molecule has 8 heteroatoms. The van der Waals surface area contributed by atoms with Crippen LogP contribution in [0.1, 0.15) is 18.2 Å². The monoisotopic (exact) mass is 307 g/mol. The van der Waals surface area contributed by atoms with Crippen molar-refractivity contribution in [1.82, 2.24) is 24.8 Å². The average molecular weight is 307 g/mol. The van der Waals surface area contributed by atoms with E-state index in [2.05, 4.69) is 15.2 Å². The van der Waals surface area contributed by atoms with Gasteiger partial charge in [-0.05, 0) is 6.42 Å². The standard InChI is InChI=1S/C14H21N5O3/c20-14(18-3-5-21-6-4-18)9-17-2-1-13-12(8-17)19-11(10-22-13)7-15-16-19/h7,12-13H,1-6,8-10H2/t12-,13+/m1/s1. The van der Waals surface area contributed by atoms with E-state index in [0.717, 1.165) is 25.2 Å². The summed E-state index contributed by atoms with van der Waals surface area (Å²) in [4.78, 5) is 16.5. The number of carbonyl (C=O) groups excluding carboxylic acids is 1. The lowest BCUT2D eigenvalue weighted by Gasteiger charge is -2.41. The predicted molar refractivity (Wildman–Crippen MR) is 76.1 cm³/mol. The Labute approximate surface area is 128 Å². The number of carbonyl (C=O) groups is 1. The molecule has 4 rings (SSSR count). The fourth-order valence-corrected chi connectivity index (χ4v) is 3.49. The van der Waals surface area contributed by atoms with E-state index in [-0.39, 0.29) is 18.1 Å². The molecule has 0 saturated carbocycles. The second kappa shape index (κ2) is 5.94. The molecule has 3 aliphatic rings. The molecule has 22 heavy (non-hydrogen) atoms. The van der Waals surface area contributed by atoms with Gasteiger partial charge in [0, 0.05) is 26.2 Å². The Kier molecular flexibility index (Phi) is 3.81. The third-order valence-corrected chi connectivity index (χ3v) is 4.74. The van der Waals surface area contributed by atoms with Gasteiger partial charge in [0.05, 0.1) is 50.4 Å². The van der Waals surface area contributed by atoms with E-state index < -0.39 is 0 Å². The summed E-state index contributed by atoms with van der Waals surface area (Å²) in [6.07, 6.45) is 2.87. The summed E-state index contributed by atoms with van der Waals surface area (Å²) in [6.45, 7) is 5.43.